The monoisotopic (exact) mass is 242 g/mol. The standard InChI is InChI=1S/C9H8BrFN2/c10-7-1-2-9-8(5-7)12-6-13(9)4-3-11/h1-2,5-6H,3-4H2. The van der Waals surface area contributed by atoms with Crippen LogP contribution >= 0.6 is 15.9 Å². The van der Waals surface area contributed by atoms with Crippen LogP contribution in [0.1, 0.15) is 0 Å². The first-order valence-corrected chi connectivity index (χ1v) is 4.77. The highest BCUT2D eigenvalue weighted by atomic mass is 79.9. The molecule has 0 amide bonds. The normalized spacial score (nSPS) is 10.9. The lowest BCUT2D eigenvalue weighted by Crippen LogP contribution is -1.96. The zero-order chi connectivity index (χ0) is 9.26. The molecule has 0 aliphatic heterocycles. The Morgan fingerprint density at radius 2 is 2.31 bits per heavy atom. The number of alkyl halides is 1. The van der Waals surface area contributed by atoms with Gasteiger partial charge < -0.3 is 4.57 Å². The molecule has 1 aromatic carbocycles. The van der Waals surface area contributed by atoms with Crippen LogP contribution in [0.4, 0.5) is 4.39 Å². The number of benzene rings is 1. The summed E-state index contributed by atoms with van der Waals surface area (Å²) in [6, 6.07) is 5.78. The van der Waals surface area contributed by atoms with Crippen molar-refractivity contribution in [1.29, 1.82) is 0 Å². The van der Waals surface area contributed by atoms with Crippen LogP contribution in [0.2, 0.25) is 0 Å². The third kappa shape index (κ3) is 1.58. The van der Waals surface area contributed by atoms with Crippen LogP contribution in [0.3, 0.4) is 0 Å². The van der Waals surface area contributed by atoms with Gasteiger partial charge in [-0.25, -0.2) is 9.37 Å². The van der Waals surface area contributed by atoms with Crippen LogP contribution in [-0.4, -0.2) is 16.2 Å². The van der Waals surface area contributed by atoms with Crippen molar-refractivity contribution in [2.45, 2.75) is 6.54 Å². The smallest absolute Gasteiger partial charge is 0.107 e. The lowest BCUT2D eigenvalue weighted by atomic mass is 10.3. The van der Waals surface area contributed by atoms with Gasteiger partial charge in [0.2, 0.25) is 0 Å². The van der Waals surface area contributed by atoms with E-state index in [1.54, 1.807) is 6.33 Å². The molecule has 0 aliphatic carbocycles. The Kier molecular flexibility index (Phi) is 2.31. The number of nitrogens with zero attached hydrogens (tertiary/aromatic N) is 2. The van der Waals surface area contributed by atoms with Crippen LogP contribution in [0.15, 0.2) is 29.0 Å². The number of halogens is 2. The summed E-state index contributed by atoms with van der Waals surface area (Å²) in [5.41, 5.74) is 1.86. The molecule has 2 rings (SSSR count). The number of rotatable bonds is 2. The molecule has 0 N–H and O–H groups in total. The second-order valence-electron chi connectivity index (χ2n) is 2.76. The van der Waals surface area contributed by atoms with Gasteiger partial charge in [0.1, 0.15) is 6.67 Å². The second-order valence-corrected chi connectivity index (χ2v) is 3.68. The number of imidazole rings is 1. The Morgan fingerprint density at radius 3 is 3.08 bits per heavy atom. The predicted octanol–water partition coefficient (Wildman–Crippen LogP) is 2.77. The number of aromatic nitrogens is 2. The van der Waals surface area contributed by atoms with Crippen molar-refractivity contribution in [3.05, 3.63) is 29.0 Å². The highest BCUT2D eigenvalue weighted by Gasteiger charge is 2.01. The Morgan fingerprint density at radius 1 is 1.46 bits per heavy atom. The summed E-state index contributed by atoms with van der Waals surface area (Å²) >= 11 is 3.36. The fourth-order valence-electron chi connectivity index (χ4n) is 1.31. The van der Waals surface area contributed by atoms with E-state index in [-0.39, 0.29) is 6.67 Å². The third-order valence-electron chi connectivity index (χ3n) is 1.91. The van der Waals surface area contributed by atoms with Gasteiger partial charge in [-0.3, -0.25) is 0 Å². The molecule has 0 spiro atoms. The summed E-state index contributed by atoms with van der Waals surface area (Å²) in [4.78, 5) is 4.16. The summed E-state index contributed by atoms with van der Waals surface area (Å²) < 4.78 is 14.9. The number of hydrogen-bond acceptors (Lipinski definition) is 1. The fraction of sp³-hybridized carbons (Fsp3) is 0.222. The molecule has 1 aromatic heterocycles. The SMILES string of the molecule is FCCn1cnc2cc(Br)ccc21. The zero-order valence-corrected chi connectivity index (χ0v) is 8.46. The largest absolute Gasteiger partial charge is 0.328 e. The van der Waals surface area contributed by atoms with Crippen molar-refractivity contribution in [2.24, 2.45) is 0 Å². The predicted molar refractivity (Wildman–Crippen MR) is 53.4 cm³/mol. The highest BCUT2D eigenvalue weighted by Crippen LogP contribution is 2.18. The van der Waals surface area contributed by atoms with E-state index >= 15 is 0 Å². The van der Waals surface area contributed by atoms with Gasteiger partial charge in [0, 0.05) is 4.47 Å². The first kappa shape index (κ1) is 8.69. The van der Waals surface area contributed by atoms with Crippen LogP contribution in [0, 0.1) is 0 Å². The molecule has 1 heterocycles. The van der Waals surface area contributed by atoms with Crippen LogP contribution in [-0.2, 0) is 6.54 Å². The summed E-state index contributed by atoms with van der Waals surface area (Å²) in [7, 11) is 0. The molecule has 0 saturated carbocycles. The summed E-state index contributed by atoms with van der Waals surface area (Å²) in [6.45, 7) is 0.0135. The van der Waals surface area contributed by atoms with E-state index in [0.717, 1.165) is 15.5 Å². The van der Waals surface area contributed by atoms with E-state index in [1.807, 2.05) is 22.8 Å². The molecule has 13 heavy (non-hydrogen) atoms. The fourth-order valence-corrected chi connectivity index (χ4v) is 1.66. The topological polar surface area (TPSA) is 17.8 Å². The van der Waals surface area contributed by atoms with Crippen LogP contribution in [0.5, 0.6) is 0 Å². The van der Waals surface area contributed by atoms with Crippen LogP contribution < -0.4 is 0 Å². The molecule has 0 bridgehead atoms. The maximum Gasteiger partial charge on any atom is 0.107 e. The lowest BCUT2D eigenvalue weighted by molar-refractivity contribution is 0.450. The van der Waals surface area contributed by atoms with Crippen molar-refractivity contribution in [3.8, 4) is 0 Å². The molecule has 0 radical (unpaired) electrons. The minimum Gasteiger partial charge on any atom is -0.328 e. The van der Waals surface area contributed by atoms with Crippen molar-refractivity contribution in [2.75, 3.05) is 6.67 Å². The average Bonchev–Trinajstić information content (AvgIpc) is 2.49. The van der Waals surface area contributed by atoms with E-state index in [2.05, 4.69) is 20.9 Å². The molecule has 0 saturated heterocycles. The molecule has 68 valence electrons. The Bertz CT molecular complexity index is 424. The van der Waals surface area contributed by atoms with E-state index in [0.29, 0.717) is 6.54 Å². The Hall–Kier alpha value is -0.900. The minimum atomic E-state index is -0.360. The molecule has 2 aromatic rings. The van der Waals surface area contributed by atoms with Gasteiger partial charge in [0.05, 0.1) is 23.9 Å². The van der Waals surface area contributed by atoms with Gasteiger partial charge in [-0.1, -0.05) is 15.9 Å². The molecule has 0 aliphatic rings. The Labute approximate surface area is 83.5 Å². The number of hydrogen-bond donors (Lipinski definition) is 0. The zero-order valence-electron chi connectivity index (χ0n) is 6.87. The molecule has 2 nitrogen and oxygen atoms in total. The third-order valence-corrected chi connectivity index (χ3v) is 2.40. The number of fused-ring (bicyclic) bond motifs is 1. The van der Waals surface area contributed by atoms with Crippen molar-refractivity contribution in [3.63, 3.8) is 0 Å². The van der Waals surface area contributed by atoms with Crippen molar-refractivity contribution >= 4 is 27.0 Å². The van der Waals surface area contributed by atoms with Gasteiger partial charge in [-0.2, -0.15) is 0 Å². The van der Waals surface area contributed by atoms with Crippen molar-refractivity contribution < 1.29 is 4.39 Å². The maximum absolute atomic E-state index is 12.1. The summed E-state index contributed by atoms with van der Waals surface area (Å²) in [5.74, 6) is 0. The molecule has 4 heteroatoms. The van der Waals surface area contributed by atoms with Gasteiger partial charge in [0.25, 0.3) is 0 Å². The molecule has 0 atom stereocenters. The Balaban J connectivity index is 2.55. The van der Waals surface area contributed by atoms with Gasteiger partial charge >= 0.3 is 0 Å². The van der Waals surface area contributed by atoms with Crippen molar-refractivity contribution in [1.82, 2.24) is 9.55 Å². The molecule has 0 unspecified atom stereocenters. The highest BCUT2D eigenvalue weighted by molar-refractivity contribution is 9.10. The van der Waals surface area contributed by atoms with Gasteiger partial charge in [-0.05, 0) is 18.2 Å². The van der Waals surface area contributed by atoms with Gasteiger partial charge in [0.15, 0.2) is 0 Å². The lowest BCUT2D eigenvalue weighted by Gasteiger charge is -1.98. The van der Waals surface area contributed by atoms with E-state index in [9.17, 15) is 4.39 Å². The quantitative estimate of drug-likeness (QED) is 0.792. The molecular weight excluding hydrogens is 235 g/mol. The maximum atomic E-state index is 12.1. The van der Waals surface area contributed by atoms with Crippen LogP contribution in [0.25, 0.3) is 11.0 Å². The molecular formula is C9H8BrFN2. The first-order chi connectivity index (χ1) is 6.31. The second kappa shape index (κ2) is 3.46. The summed E-state index contributed by atoms with van der Waals surface area (Å²) in [5, 5.41) is 0. The summed E-state index contributed by atoms with van der Waals surface area (Å²) in [6.07, 6.45) is 1.66. The average molecular weight is 243 g/mol. The van der Waals surface area contributed by atoms with E-state index < -0.39 is 0 Å². The minimum absolute atomic E-state index is 0.360. The van der Waals surface area contributed by atoms with E-state index in [1.165, 1.54) is 0 Å². The van der Waals surface area contributed by atoms with E-state index in [4.69, 9.17) is 0 Å². The molecule has 0 fully saturated rings. The first-order valence-electron chi connectivity index (χ1n) is 3.97. The number of aryl methyl sites for hydroxylation is 1. The van der Waals surface area contributed by atoms with Gasteiger partial charge in [-0.15, -0.1) is 0 Å².